The van der Waals surface area contributed by atoms with Crippen LogP contribution in [0.15, 0.2) is 54.6 Å². The molecule has 0 saturated carbocycles. The highest BCUT2D eigenvalue weighted by Crippen LogP contribution is 2.27. The fourth-order valence-corrected chi connectivity index (χ4v) is 3.26. The first-order valence-corrected chi connectivity index (χ1v) is 8.64. The zero-order chi connectivity index (χ0) is 18.6. The molecular weight excluding hydrogens is 333 g/mol. The van der Waals surface area contributed by atoms with E-state index in [1.54, 1.807) is 17.0 Å². The molecule has 2 aromatic carbocycles. The topological polar surface area (TPSA) is 75.4 Å². The van der Waals surface area contributed by atoms with E-state index in [-0.39, 0.29) is 18.1 Å². The Balaban J connectivity index is 1.63. The number of likely N-dealkylation sites (tertiary alicyclic amines) is 1. The lowest BCUT2D eigenvalue weighted by Gasteiger charge is -2.40. The average molecular weight is 355 g/mol. The van der Waals surface area contributed by atoms with Crippen molar-refractivity contribution in [1.29, 1.82) is 0 Å². The van der Waals surface area contributed by atoms with Crippen LogP contribution in [0.5, 0.6) is 0 Å². The molecule has 2 amide bonds. The van der Waals surface area contributed by atoms with E-state index in [1.807, 2.05) is 30.3 Å². The first-order valence-electron chi connectivity index (χ1n) is 8.64. The highest BCUT2D eigenvalue weighted by molar-refractivity contribution is 5.88. The second kappa shape index (κ2) is 7.56. The third-order valence-electron chi connectivity index (χ3n) is 4.87. The summed E-state index contributed by atoms with van der Waals surface area (Å²) in [6.45, 7) is 0.894. The lowest BCUT2D eigenvalue weighted by atomic mass is 9.86. The van der Waals surface area contributed by atoms with Gasteiger partial charge in [-0.25, -0.2) is 4.39 Å². The molecule has 0 aliphatic carbocycles. The highest BCUT2D eigenvalue weighted by atomic mass is 19.1. The van der Waals surface area contributed by atoms with Gasteiger partial charge in [-0.05, 0) is 42.7 Å². The normalized spacial score (nSPS) is 16.1. The zero-order valence-corrected chi connectivity index (χ0v) is 14.5. The first-order chi connectivity index (χ1) is 12.5. The number of anilines is 1. The molecule has 0 bridgehead atoms. The molecule has 1 saturated heterocycles. The van der Waals surface area contributed by atoms with Crippen molar-refractivity contribution in [2.24, 2.45) is 5.73 Å². The number of amides is 2. The van der Waals surface area contributed by atoms with Crippen LogP contribution >= 0.6 is 0 Å². The quantitative estimate of drug-likeness (QED) is 0.864. The van der Waals surface area contributed by atoms with Crippen LogP contribution in [0, 0.1) is 5.82 Å². The van der Waals surface area contributed by atoms with Crippen LogP contribution in [0.25, 0.3) is 0 Å². The Hall–Kier alpha value is -2.89. The summed E-state index contributed by atoms with van der Waals surface area (Å²) in [6, 6.07) is 15.4. The van der Waals surface area contributed by atoms with Gasteiger partial charge in [-0.2, -0.15) is 0 Å². The van der Waals surface area contributed by atoms with E-state index in [9.17, 15) is 14.0 Å². The van der Waals surface area contributed by atoms with Crippen molar-refractivity contribution in [2.45, 2.75) is 24.8 Å². The smallest absolute Gasteiger partial charge is 0.243 e. The molecule has 0 radical (unpaired) electrons. The predicted molar refractivity (Wildman–Crippen MR) is 97.9 cm³/mol. The van der Waals surface area contributed by atoms with Crippen LogP contribution in [0.3, 0.4) is 0 Å². The number of primary amides is 1. The standard InChI is InChI=1S/C20H22FN3O2/c21-16-8-6-15(7-9-16)14-18(25)24-12-10-20(11-13-24,19(22)26)23-17-4-2-1-3-5-17/h1-9,23H,10-14H2,(H2,22,26). The zero-order valence-electron chi connectivity index (χ0n) is 14.5. The second-order valence-corrected chi connectivity index (χ2v) is 6.62. The number of nitrogens with two attached hydrogens (primary N) is 1. The molecule has 2 aromatic rings. The van der Waals surface area contributed by atoms with Gasteiger partial charge in [0.15, 0.2) is 0 Å². The van der Waals surface area contributed by atoms with Gasteiger partial charge in [0.2, 0.25) is 11.8 Å². The first kappa shape index (κ1) is 17.9. The van der Waals surface area contributed by atoms with E-state index in [1.165, 1.54) is 12.1 Å². The van der Waals surface area contributed by atoms with Crippen molar-refractivity contribution in [2.75, 3.05) is 18.4 Å². The van der Waals surface area contributed by atoms with Crippen molar-refractivity contribution in [3.63, 3.8) is 0 Å². The third kappa shape index (κ3) is 4.02. The Bertz CT molecular complexity index is 769. The maximum absolute atomic E-state index is 13.0. The van der Waals surface area contributed by atoms with Crippen molar-refractivity contribution in [3.05, 3.63) is 66.0 Å². The molecule has 6 heteroatoms. The molecule has 0 unspecified atom stereocenters. The summed E-state index contributed by atoms with van der Waals surface area (Å²) in [7, 11) is 0. The second-order valence-electron chi connectivity index (χ2n) is 6.62. The van der Waals surface area contributed by atoms with Gasteiger partial charge in [-0.3, -0.25) is 9.59 Å². The van der Waals surface area contributed by atoms with E-state index in [2.05, 4.69) is 5.32 Å². The lowest BCUT2D eigenvalue weighted by molar-refractivity contribution is -0.134. The van der Waals surface area contributed by atoms with Crippen LogP contribution in [0.4, 0.5) is 10.1 Å². The number of carbonyl (C=O) groups is 2. The van der Waals surface area contributed by atoms with E-state index < -0.39 is 11.4 Å². The number of piperidine rings is 1. The fourth-order valence-electron chi connectivity index (χ4n) is 3.26. The van der Waals surface area contributed by atoms with Crippen LogP contribution in [-0.4, -0.2) is 35.3 Å². The molecule has 3 rings (SSSR count). The average Bonchev–Trinajstić information content (AvgIpc) is 2.65. The number of hydrogen-bond donors (Lipinski definition) is 2. The fraction of sp³-hybridized carbons (Fsp3) is 0.300. The molecule has 1 aliphatic rings. The summed E-state index contributed by atoms with van der Waals surface area (Å²) in [5.74, 6) is -0.765. The van der Waals surface area contributed by atoms with E-state index in [0.717, 1.165) is 11.3 Å². The van der Waals surface area contributed by atoms with Gasteiger partial charge in [-0.15, -0.1) is 0 Å². The number of halogens is 1. The van der Waals surface area contributed by atoms with Gasteiger partial charge in [-0.1, -0.05) is 30.3 Å². The van der Waals surface area contributed by atoms with Crippen molar-refractivity contribution < 1.29 is 14.0 Å². The minimum Gasteiger partial charge on any atom is -0.371 e. The van der Waals surface area contributed by atoms with Gasteiger partial charge in [0.1, 0.15) is 11.4 Å². The molecule has 136 valence electrons. The van der Waals surface area contributed by atoms with Gasteiger partial charge >= 0.3 is 0 Å². The van der Waals surface area contributed by atoms with Crippen molar-refractivity contribution in [1.82, 2.24) is 4.90 Å². The van der Waals surface area contributed by atoms with E-state index in [0.29, 0.717) is 25.9 Å². The molecule has 3 N–H and O–H groups in total. The van der Waals surface area contributed by atoms with Gasteiger partial charge < -0.3 is 16.0 Å². The van der Waals surface area contributed by atoms with Crippen LogP contribution in [0.2, 0.25) is 0 Å². The Labute approximate surface area is 152 Å². The number of para-hydroxylation sites is 1. The summed E-state index contributed by atoms with van der Waals surface area (Å²) in [5.41, 5.74) is 6.42. The monoisotopic (exact) mass is 355 g/mol. The Morgan fingerprint density at radius 2 is 1.65 bits per heavy atom. The van der Waals surface area contributed by atoms with Crippen LogP contribution in [0.1, 0.15) is 18.4 Å². The summed E-state index contributed by atoms with van der Waals surface area (Å²) in [5, 5.41) is 3.26. The molecule has 1 heterocycles. The minimum absolute atomic E-state index is 0.0330. The Morgan fingerprint density at radius 1 is 1.04 bits per heavy atom. The Kier molecular flexibility index (Phi) is 5.21. The predicted octanol–water partition coefficient (Wildman–Crippen LogP) is 2.33. The van der Waals surface area contributed by atoms with Gasteiger partial charge in [0, 0.05) is 18.8 Å². The largest absolute Gasteiger partial charge is 0.371 e. The summed E-state index contributed by atoms with van der Waals surface area (Å²) in [4.78, 5) is 26.3. The lowest BCUT2D eigenvalue weighted by Crippen LogP contribution is -2.58. The number of benzene rings is 2. The molecule has 5 nitrogen and oxygen atoms in total. The van der Waals surface area contributed by atoms with E-state index in [4.69, 9.17) is 5.73 Å². The van der Waals surface area contributed by atoms with Crippen molar-refractivity contribution in [3.8, 4) is 0 Å². The molecule has 0 aromatic heterocycles. The van der Waals surface area contributed by atoms with Gasteiger partial charge in [0.25, 0.3) is 0 Å². The maximum Gasteiger partial charge on any atom is 0.243 e. The number of rotatable bonds is 5. The number of nitrogens with zero attached hydrogens (tertiary/aromatic N) is 1. The number of hydrogen-bond acceptors (Lipinski definition) is 3. The number of carbonyl (C=O) groups excluding carboxylic acids is 2. The molecule has 0 spiro atoms. The third-order valence-corrected chi connectivity index (χ3v) is 4.87. The SMILES string of the molecule is NC(=O)C1(Nc2ccccc2)CCN(C(=O)Cc2ccc(F)cc2)CC1. The van der Waals surface area contributed by atoms with Crippen LogP contribution < -0.4 is 11.1 Å². The summed E-state index contributed by atoms with van der Waals surface area (Å²) < 4.78 is 13.0. The summed E-state index contributed by atoms with van der Waals surface area (Å²) >= 11 is 0. The Morgan fingerprint density at radius 3 is 2.23 bits per heavy atom. The molecule has 26 heavy (non-hydrogen) atoms. The molecule has 1 aliphatic heterocycles. The van der Waals surface area contributed by atoms with Crippen molar-refractivity contribution >= 4 is 17.5 Å². The molecule has 0 atom stereocenters. The maximum atomic E-state index is 13.0. The summed E-state index contributed by atoms with van der Waals surface area (Å²) in [6.07, 6.45) is 1.12. The van der Waals surface area contributed by atoms with Crippen LogP contribution in [-0.2, 0) is 16.0 Å². The van der Waals surface area contributed by atoms with Gasteiger partial charge in [0.05, 0.1) is 6.42 Å². The minimum atomic E-state index is -0.853. The highest BCUT2D eigenvalue weighted by Gasteiger charge is 2.40. The molecular formula is C20H22FN3O2. The van der Waals surface area contributed by atoms with E-state index >= 15 is 0 Å². The molecule has 1 fully saturated rings. The number of nitrogens with one attached hydrogen (secondary N) is 1.